The van der Waals surface area contributed by atoms with E-state index in [1.807, 2.05) is 55.1 Å². The van der Waals surface area contributed by atoms with Gasteiger partial charge in [-0.3, -0.25) is 14.4 Å². The maximum absolute atomic E-state index is 13.7. The number of piperidine rings is 1. The minimum Gasteiger partial charge on any atom is -0.352 e. The number of nitrogens with zero attached hydrogens (tertiary/aromatic N) is 5. The molecular weight excluding hydrogens is 618 g/mol. The Kier molecular flexibility index (Phi) is 9.20. The molecule has 2 heterocycles. The summed E-state index contributed by atoms with van der Waals surface area (Å²) in [5.41, 5.74) is 4.35. The first kappa shape index (κ1) is 32.9. The maximum Gasteiger partial charge on any atom is 0.251 e. The van der Waals surface area contributed by atoms with Gasteiger partial charge in [0.05, 0.1) is 18.0 Å². The zero-order chi connectivity index (χ0) is 34.1. The van der Waals surface area contributed by atoms with Gasteiger partial charge in [-0.25, -0.2) is 5.10 Å². The second kappa shape index (κ2) is 13.7. The average Bonchev–Trinajstić information content (AvgIpc) is 3.52. The molecule has 1 saturated heterocycles. The normalized spacial score (nSPS) is 22.6. The quantitative estimate of drug-likeness (QED) is 0.243. The Morgan fingerprint density at radius 1 is 0.980 bits per heavy atom. The Hall–Kier alpha value is -4.63. The number of carbonyl (C=O) groups is 3. The van der Waals surface area contributed by atoms with Gasteiger partial charge in [0.25, 0.3) is 11.8 Å². The lowest BCUT2D eigenvalue weighted by Gasteiger charge is -2.39. The number of tetrazole rings is 1. The van der Waals surface area contributed by atoms with Gasteiger partial charge in [-0.05, 0) is 128 Å². The van der Waals surface area contributed by atoms with E-state index in [1.54, 1.807) is 0 Å². The van der Waals surface area contributed by atoms with E-state index in [0.29, 0.717) is 61.1 Å². The molecule has 4 aliphatic rings. The van der Waals surface area contributed by atoms with Crippen molar-refractivity contribution in [1.82, 2.24) is 41.5 Å². The van der Waals surface area contributed by atoms with Crippen LogP contribution in [-0.4, -0.2) is 81.0 Å². The summed E-state index contributed by atoms with van der Waals surface area (Å²) in [7, 11) is 0. The maximum atomic E-state index is 13.7. The van der Waals surface area contributed by atoms with Gasteiger partial charge >= 0.3 is 0 Å². The Morgan fingerprint density at radius 3 is 2.16 bits per heavy atom. The van der Waals surface area contributed by atoms with Crippen LogP contribution in [0.15, 0.2) is 36.4 Å². The van der Waals surface area contributed by atoms with Crippen LogP contribution in [0.25, 0.3) is 0 Å². The highest BCUT2D eigenvalue weighted by molar-refractivity contribution is 5.95. The van der Waals surface area contributed by atoms with Crippen LogP contribution in [0.4, 0.5) is 0 Å². The number of rotatable bonds is 11. The van der Waals surface area contributed by atoms with Gasteiger partial charge in [0.2, 0.25) is 5.91 Å². The predicted octanol–water partition coefficient (Wildman–Crippen LogP) is 3.18. The van der Waals surface area contributed by atoms with E-state index in [1.165, 1.54) is 0 Å². The van der Waals surface area contributed by atoms with Gasteiger partial charge in [-0.15, -0.1) is 5.10 Å². The van der Waals surface area contributed by atoms with Crippen molar-refractivity contribution in [3.05, 3.63) is 75.6 Å². The van der Waals surface area contributed by atoms with Gasteiger partial charge in [0.1, 0.15) is 6.04 Å². The largest absolute Gasteiger partial charge is 0.352 e. The minimum atomic E-state index is -0.877. The number of H-pyrrole nitrogens is 1. The Labute approximate surface area is 286 Å². The molecule has 1 aromatic heterocycles. The predicted molar refractivity (Wildman–Crippen MR) is 181 cm³/mol. The Balaban J connectivity index is 1.34. The Morgan fingerprint density at radius 2 is 1.61 bits per heavy atom. The molecule has 4 N–H and O–H groups in total. The van der Waals surface area contributed by atoms with Gasteiger partial charge < -0.3 is 20.9 Å². The highest BCUT2D eigenvalue weighted by atomic mass is 16.2. The molecule has 4 atom stereocenters. The van der Waals surface area contributed by atoms with E-state index in [0.717, 1.165) is 60.8 Å². The van der Waals surface area contributed by atoms with Gasteiger partial charge in [-0.1, -0.05) is 25.0 Å². The number of hydrogen-bond donors (Lipinski definition) is 4. The van der Waals surface area contributed by atoms with Crippen LogP contribution in [0.2, 0.25) is 0 Å². The van der Waals surface area contributed by atoms with Crippen molar-refractivity contribution < 1.29 is 14.4 Å². The molecule has 0 spiro atoms. The van der Waals surface area contributed by atoms with E-state index in [2.05, 4.69) is 42.6 Å². The summed E-state index contributed by atoms with van der Waals surface area (Å²) < 4.78 is 0. The number of nitriles is 1. The topological polar surface area (TPSA) is 169 Å². The summed E-state index contributed by atoms with van der Waals surface area (Å²) in [4.78, 5) is 41.6. The third kappa shape index (κ3) is 6.09. The van der Waals surface area contributed by atoms with E-state index in [-0.39, 0.29) is 42.4 Å². The molecular formula is C37H45N9O3. The zero-order valence-electron chi connectivity index (χ0n) is 28.3. The van der Waals surface area contributed by atoms with Gasteiger partial charge in [0, 0.05) is 36.3 Å². The van der Waals surface area contributed by atoms with E-state index < -0.39 is 5.41 Å². The van der Waals surface area contributed by atoms with Crippen molar-refractivity contribution in [2.24, 2.45) is 11.8 Å². The molecule has 12 nitrogen and oxygen atoms in total. The molecule has 12 heteroatoms. The first-order valence-electron chi connectivity index (χ1n) is 17.9. The van der Waals surface area contributed by atoms with Crippen molar-refractivity contribution in [3.8, 4) is 6.07 Å². The van der Waals surface area contributed by atoms with Crippen LogP contribution in [0.5, 0.6) is 0 Å². The van der Waals surface area contributed by atoms with Crippen molar-refractivity contribution in [1.29, 1.82) is 5.26 Å². The number of benzene rings is 2. The standard InChI is InChI=1S/C37H45N9O3/c1-3-39-34(48)25-11-13-29-23(15-25)9-10-24-16-26(35(49)40-4-2)12-14-30(24)37(29,36-42-44-45-43-36)19-31(22-7-5-6-8-22)41-21-33(47)46-28(20-38)17-27-18-32(27)46/h11-16,22,27-28,31-32,41H,3-10,17-19,21H2,1-2H3,(H,39,48)(H,40,49)(H,42,43,44,45)/t27-,28+,31-,32+/m1/s1. The van der Waals surface area contributed by atoms with Crippen LogP contribution < -0.4 is 16.0 Å². The summed E-state index contributed by atoms with van der Waals surface area (Å²) >= 11 is 0. The third-order valence-electron chi connectivity index (χ3n) is 11.3. The molecule has 3 aromatic rings. The summed E-state index contributed by atoms with van der Waals surface area (Å²) in [5, 5.41) is 35.2. The van der Waals surface area contributed by atoms with Crippen LogP contribution >= 0.6 is 0 Å². The van der Waals surface area contributed by atoms with Crippen molar-refractivity contribution in [2.75, 3.05) is 19.6 Å². The third-order valence-corrected chi connectivity index (χ3v) is 11.3. The molecule has 0 radical (unpaired) electrons. The van der Waals surface area contributed by atoms with Crippen LogP contribution in [0.1, 0.15) is 108 Å². The molecule has 3 aliphatic carbocycles. The highest BCUT2D eigenvalue weighted by Crippen LogP contribution is 2.49. The molecule has 1 aliphatic heterocycles. The van der Waals surface area contributed by atoms with E-state index in [4.69, 9.17) is 0 Å². The number of nitrogens with one attached hydrogen (secondary N) is 4. The molecule has 2 saturated carbocycles. The molecule has 3 amide bonds. The second-order valence-electron chi connectivity index (χ2n) is 14.1. The van der Waals surface area contributed by atoms with Crippen molar-refractivity contribution in [3.63, 3.8) is 0 Å². The van der Waals surface area contributed by atoms with Crippen molar-refractivity contribution in [2.45, 2.75) is 95.2 Å². The Bertz CT molecular complexity index is 1690. The molecule has 7 rings (SSSR count). The number of aryl methyl sites for hydroxylation is 2. The molecule has 0 unspecified atom stereocenters. The molecule has 256 valence electrons. The average molecular weight is 664 g/mol. The first-order valence-corrected chi connectivity index (χ1v) is 17.9. The molecule has 0 bridgehead atoms. The number of aromatic amines is 1. The van der Waals surface area contributed by atoms with E-state index in [9.17, 15) is 19.6 Å². The summed E-state index contributed by atoms with van der Waals surface area (Å²) in [5.74, 6) is 1.08. The number of hydrogen-bond acceptors (Lipinski definition) is 8. The summed E-state index contributed by atoms with van der Waals surface area (Å²) in [6, 6.07) is 13.9. The fourth-order valence-corrected chi connectivity index (χ4v) is 8.90. The molecule has 49 heavy (non-hydrogen) atoms. The lowest BCUT2D eigenvalue weighted by Crippen LogP contribution is -2.49. The van der Waals surface area contributed by atoms with E-state index >= 15 is 0 Å². The molecule has 3 fully saturated rings. The molecule has 2 aromatic carbocycles. The SMILES string of the molecule is CCNC(=O)c1ccc2c(c1)CCc1cc(C(=O)NCC)ccc1C2(C[C@@H](NCC(=O)N1[C@H](C#N)C[C@@H]2C[C@@H]21)C1CCCC1)c1nnn[nH]1. The first-order chi connectivity index (χ1) is 23.9. The lowest BCUT2D eigenvalue weighted by molar-refractivity contribution is -0.131. The van der Waals surface area contributed by atoms with Gasteiger partial charge in [0.15, 0.2) is 5.82 Å². The minimum absolute atomic E-state index is 0.0187. The monoisotopic (exact) mass is 663 g/mol. The fraction of sp³-hybridized carbons (Fsp3) is 0.541. The van der Waals surface area contributed by atoms with Crippen LogP contribution in [0.3, 0.4) is 0 Å². The number of aromatic nitrogens is 4. The van der Waals surface area contributed by atoms with Crippen LogP contribution in [0, 0.1) is 23.2 Å². The number of fused-ring (bicyclic) bond motifs is 3. The lowest BCUT2D eigenvalue weighted by atomic mass is 9.66. The zero-order valence-corrected chi connectivity index (χ0v) is 28.3. The summed E-state index contributed by atoms with van der Waals surface area (Å²) in [6.45, 7) is 5.01. The highest BCUT2D eigenvalue weighted by Gasteiger charge is 2.54. The number of amides is 3. The number of likely N-dealkylation sites (tertiary alicyclic amines) is 1. The fourth-order valence-electron chi connectivity index (χ4n) is 8.90. The smallest absolute Gasteiger partial charge is 0.251 e. The summed E-state index contributed by atoms with van der Waals surface area (Å²) in [6.07, 6.45) is 7.95. The van der Waals surface area contributed by atoms with Crippen molar-refractivity contribution >= 4 is 17.7 Å². The van der Waals surface area contributed by atoms with Crippen LogP contribution in [-0.2, 0) is 23.1 Å². The number of carbonyl (C=O) groups excluding carboxylic acids is 3. The van der Waals surface area contributed by atoms with Gasteiger partial charge in [-0.2, -0.15) is 5.26 Å². The second-order valence-corrected chi connectivity index (χ2v) is 14.1.